The quantitative estimate of drug-likeness (QED) is 0.831. The van der Waals surface area contributed by atoms with Crippen LogP contribution in [0.25, 0.3) is 10.2 Å². The predicted octanol–water partition coefficient (Wildman–Crippen LogP) is 3.27. The van der Waals surface area contributed by atoms with E-state index in [4.69, 9.17) is 4.74 Å². The third-order valence-corrected chi connectivity index (χ3v) is 3.16. The lowest BCUT2D eigenvalue weighted by Gasteiger charge is -2.07. The Labute approximate surface area is 104 Å². The van der Waals surface area contributed by atoms with Crippen molar-refractivity contribution in [2.75, 3.05) is 18.5 Å². The largest absolute Gasteiger partial charge is 0.377 e. The Hall–Kier alpha value is -1.20. The van der Waals surface area contributed by atoms with E-state index in [1.165, 1.54) is 23.5 Å². The first-order valence-corrected chi connectivity index (χ1v) is 6.38. The molecule has 0 bridgehead atoms. The molecular weight excluding hydrogens is 239 g/mol. The number of halogens is 1. The molecule has 2 aromatic rings. The molecule has 2 rings (SSSR count). The molecule has 17 heavy (non-hydrogen) atoms. The minimum atomic E-state index is -0.226. The lowest BCUT2D eigenvalue weighted by molar-refractivity contribution is 0.0870. The highest BCUT2D eigenvalue weighted by Crippen LogP contribution is 2.26. The zero-order valence-electron chi connectivity index (χ0n) is 9.87. The number of nitrogens with zero attached hydrogens (tertiary/aromatic N) is 1. The maximum Gasteiger partial charge on any atom is 0.183 e. The molecule has 1 aromatic carbocycles. The number of nitrogens with one attached hydrogen (secondary N) is 1. The van der Waals surface area contributed by atoms with Gasteiger partial charge in [-0.3, -0.25) is 0 Å². The predicted molar refractivity (Wildman–Crippen MR) is 69.2 cm³/mol. The van der Waals surface area contributed by atoms with Gasteiger partial charge in [0.15, 0.2) is 5.13 Å². The highest BCUT2D eigenvalue weighted by molar-refractivity contribution is 7.22. The van der Waals surface area contributed by atoms with Crippen molar-refractivity contribution < 1.29 is 9.13 Å². The van der Waals surface area contributed by atoms with Crippen LogP contribution in [-0.2, 0) is 4.74 Å². The summed E-state index contributed by atoms with van der Waals surface area (Å²) in [4.78, 5) is 4.36. The van der Waals surface area contributed by atoms with Crippen LogP contribution in [0.2, 0.25) is 0 Å². The van der Waals surface area contributed by atoms with E-state index in [1.807, 2.05) is 13.8 Å². The van der Waals surface area contributed by atoms with E-state index in [9.17, 15) is 4.39 Å². The Kier molecular flexibility index (Phi) is 3.91. The number of thiazole rings is 1. The van der Waals surface area contributed by atoms with Gasteiger partial charge in [0.05, 0.1) is 22.9 Å². The monoisotopic (exact) mass is 254 g/mol. The van der Waals surface area contributed by atoms with Gasteiger partial charge in [0.2, 0.25) is 0 Å². The van der Waals surface area contributed by atoms with Crippen molar-refractivity contribution in [2.24, 2.45) is 0 Å². The average Bonchev–Trinajstić information content (AvgIpc) is 2.66. The van der Waals surface area contributed by atoms with Crippen LogP contribution in [0.3, 0.4) is 0 Å². The molecule has 1 N–H and O–H groups in total. The van der Waals surface area contributed by atoms with Gasteiger partial charge < -0.3 is 10.1 Å². The summed E-state index contributed by atoms with van der Waals surface area (Å²) in [6.45, 7) is 5.35. The van der Waals surface area contributed by atoms with E-state index < -0.39 is 0 Å². The number of hydrogen-bond donors (Lipinski definition) is 1. The molecule has 0 aliphatic carbocycles. The molecule has 0 aliphatic heterocycles. The molecule has 0 amide bonds. The third kappa shape index (κ3) is 3.38. The standard InChI is InChI=1S/C12H15FN2OS/c1-8(2)16-6-5-14-12-15-10-4-3-9(13)7-11(10)17-12/h3-4,7-8H,5-6H2,1-2H3,(H,14,15). The Morgan fingerprint density at radius 1 is 1.47 bits per heavy atom. The molecule has 0 saturated carbocycles. The lowest BCUT2D eigenvalue weighted by Crippen LogP contribution is -2.12. The van der Waals surface area contributed by atoms with Crippen LogP contribution in [0.1, 0.15) is 13.8 Å². The highest BCUT2D eigenvalue weighted by Gasteiger charge is 2.04. The summed E-state index contributed by atoms with van der Waals surface area (Å²) in [6, 6.07) is 4.62. The van der Waals surface area contributed by atoms with Crippen LogP contribution in [0.5, 0.6) is 0 Å². The second-order valence-corrected chi connectivity index (χ2v) is 5.01. The smallest absolute Gasteiger partial charge is 0.183 e. The summed E-state index contributed by atoms with van der Waals surface area (Å²) in [6.07, 6.45) is 0.237. The summed E-state index contributed by atoms with van der Waals surface area (Å²) < 4.78 is 19.2. The van der Waals surface area contributed by atoms with Gasteiger partial charge in [0, 0.05) is 6.54 Å². The van der Waals surface area contributed by atoms with Crippen molar-refractivity contribution in [3.63, 3.8) is 0 Å². The van der Waals surface area contributed by atoms with Crippen LogP contribution in [0, 0.1) is 5.82 Å². The van der Waals surface area contributed by atoms with Crippen LogP contribution < -0.4 is 5.32 Å². The minimum Gasteiger partial charge on any atom is -0.377 e. The zero-order chi connectivity index (χ0) is 12.3. The van der Waals surface area contributed by atoms with Crippen LogP contribution in [-0.4, -0.2) is 24.2 Å². The first kappa shape index (κ1) is 12.3. The fourth-order valence-corrected chi connectivity index (χ4v) is 2.34. The number of anilines is 1. The fourth-order valence-electron chi connectivity index (χ4n) is 1.43. The Bertz CT molecular complexity index is 498. The van der Waals surface area contributed by atoms with Crippen molar-refractivity contribution in [2.45, 2.75) is 20.0 Å². The number of ether oxygens (including phenoxy) is 1. The average molecular weight is 254 g/mol. The third-order valence-electron chi connectivity index (χ3n) is 2.18. The summed E-state index contributed by atoms with van der Waals surface area (Å²) in [5.74, 6) is -0.226. The molecule has 1 aromatic heterocycles. The normalized spacial score (nSPS) is 11.3. The number of benzene rings is 1. The molecule has 5 heteroatoms. The van der Waals surface area contributed by atoms with Gasteiger partial charge in [-0.25, -0.2) is 9.37 Å². The number of hydrogen-bond acceptors (Lipinski definition) is 4. The molecular formula is C12H15FN2OS. The van der Waals surface area contributed by atoms with E-state index in [2.05, 4.69) is 10.3 Å². The zero-order valence-corrected chi connectivity index (χ0v) is 10.7. The Morgan fingerprint density at radius 3 is 3.06 bits per heavy atom. The second kappa shape index (κ2) is 5.42. The van der Waals surface area contributed by atoms with Gasteiger partial charge in [0.1, 0.15) is 5.82 Å². The molecule has 92 valence electrons. The maximum atomic E-state index is 13.0. The lowest BCUT2D eigenvalue weighted by atomic mass is 10.3. The van der Waals surface area contributed by atoms with Gasteiger partial charge in [-0.1, -0.05) is 11.3 Å². The Balaban J connectivity index is 1.95. The molecule has 0 saturated heterocycles. The Morgan fingerprint density at radius 2 is 2.29 bits per heavy atom. The summed E-state index contributed by atoms with van der Waals surface area (Å²) in [5.41, 5.74) is 0.823. The highest BCUT2D eigenvalue weighted by atomic mass is 32.1. The summed E-state index contributed by atoms with van der Waals surface area (Å²) in [7, 11) is 0. The van der Waals surface area contributed by atoms with Gasteiger partial charge in [0.25, 0.3) is 0 Å². The van der Waals surface area contributed by atoms with Gasteiger partial charge >= 0.3 is 0 Å². The van der Waals surface area contributed by atoms with Gasteiger partial charge in [-0.15, -0.1) is 0 Å². The van der Waals surface area contributed by atoms with Crippen LogP contribution >= 0.6 is 11.3 Å². The topological polar surface area (TPSA) is 34.1 Å². The second-order valence-electron chi connectivity index (χ2n) is 3.98. The first-order valence-electron chi connectivity index (χ1n) is 5.57. The van der Waals surface area contributed by atoms with Crippen LogP contribution in [0.4, 0.5) is 9.52 Å². The molecule has 0 atom stereocenters. The fraction of sp³-hybridized carbons (Fsp3) is 0.417. The maximum absolute atomic E-state index is 13.0. The van der Waals surface area contributed by atoms with Crippen molar-refractivity contribution >= 4 is 26.7 Å². The molecule has 0 radical (unpaired) electrons. The van der Waals surface area contributed by atoms with Crippen molar-refractivity contribution in [1.82, 2.24) is 4.98 Å². The van der Waals surface area contributed by atoms with Crippen molar-refractivity contribution in [3.05, 3.63) is 24.0 Å². The molecule has 1 heterocycles. The van der Waals surface area contributed by atoms with E-state index in [1.54, 1.807) is 6.07 Å². The SMILES string of the molecule is CC(C)OCCNc1nc2ccc(F)cc2s1. The minimum absolute atomic E-state index is 0.226. The molecule has 0 aliphatic rings. The van der Waals surface area contributed by atoms with E-state index in [0.717, 1.165) is 15.3 Å². The van der Waals surface area contributed by atoms with Crippen LogP contribution in [0.15, 0.2) is 18.2 Å². The van der Waals surface area contributed by atoms with E-state index in [0.29, 0.717) is 13.2 Å². The molecule has 0 unspecified atom stereocenters. The van der Waals surface area contributed by atoms with E-state index in [-0.39, 0.29) is 11.9 Å². The van der Waals surface area contributed by atoms with E-state index >= 15 is 0 Å². The van der Waals surface area contributed by atoms with Gasteiger partial charge in [-0.05, 0) is 32.0 Å². The van der Waals surface area contributed by atoms with Crippen molar-refractivity contribution in [3.8, 4) is 0 Å². The molecule has 0 spiro atoms. The first-order chi connectivity index (χ1) is 8.15. The van der Waals surface area contributed by atoms with Crippen molar-refractivity contribution in [1.29, 1.82) is 0 Å². The number of rotatable bonds is 5. The molecule has 0 fully saturated rings. The summed E-state index contributed by atoms with van der Waals surface area (Å²) in [5, 5.41) is 3.97. The number of aromatic nitrogens is 1. The molecule has 3 nitrogen and oxygen atoms in total. The van der Waals surface area contributed by atoms with Gasteiger partial charge in [-0.2, -0.15) is 0 Å². The summed E-state index contributed by atoms with van der Waals surface area (Å²) >= 11 is 1.45. The number of fused-ring (bicyclic) bond motifs is 1.